The minimum atomic E-state index is 0.179. The quantitative estimate of drug-likeness (QED) is 0.589. The first-order valence-corrected chi connectivity index (χ1v) is 11.2. The van der Waals surface area contributed by atoms with Crippen molar-refractivity contribution in [3.05, 3.63) is 0 Å². The van der Waals surface area contributed by atoms with Gasteiger partial charge in [-0.2, -0.15) is 0 Å². The van der Waals surface area contributed by atoms with Crippen LogP contribution in [0.2, 0.25) is 0 Å². The lowest BCUT2D eigenvalue weighted by atomic mass is 9.87. The summed E-state index contributed by atoms with van der Waals surface area (Å²) in [7, 11) is 0. The van der Waals surface area contributed by atoms with Gasteiger partial charge in [-0.1, -0.05) is 0 Å². The standard InChI is InChI=1S/2C11H16O3/c2*12-9-2-1-3-10-11(14-10)4-7-5-13-6-8(7)9/h2*7-8,10-11H,1-6H2/t2*7-,8+,10+,11-/m10/s1. The van der Waals surface area contributed by atoms with Gasteiger partial charge in [0.25, 0.3) is 0 Å². The van der Waals surface area contributed by atoms with Gasteiger partial charge in [-0.15, -0.1) is 0 Å². The molecule has 2 aliphatic carbocycles. The third-order valence-electron chi connectivity index (χ3n) is 7.49. The summed E-state index contributed by atoms with van der Waals surface area (Å²) in [5.41, 5.74) is 0. The van der Waals surface area contributed by atoms with Crippen LogP contribution in [0.15, 0.2) is 0 Å². The number of Topliss-reactive ketones (excluding diaryl/α,β-unsaturated/α-hetero) is 2. The molecule has 0 aromatic heterocycles. The average molecular weight is 392 g/mol. The summed E-state index contributed by atoms with van der Waals surface area (Å²) in [5, 5.41) is 0. The smallest absolute Gasteiger partial charge is 0.138 e. The maximum atomic E-state index is 11.8. The van der Waals surface area contributed by atoms with Gasteiger partial charge in [0.15, 0.2) is 0 Å². The highest BCUT2D eigenvalue weighted by molar-refractivity contribution is 5.82. The number of rotatable bonds is 0. The van der Waals surface area contributed by atoms with Gasteiger partial charge in [0.1, 0.15) is 11.6 Å². The first-order valence-electron chi connectivity index (χ1n) is 11.2. The molecule has 6 nitrogen and oxygen atoms in total. The van der Waals surface area contributed by atoms with Crippen LogP contribution in [0.1, 0.15) is 51.4 Å². The summed E-state index contributed by atoms with van der Waals surface area (Å²) in [4.78, 5) is 23.6. The van der Waals surface area contributed by atoms with E-state index in [0.29, 0.717) is 61.0 Å². The molecule has 0 unspecified atom stereocenters. The Kier molecular flexibility index (Phi) is 5.57. The Morgan fingerprint density at radius 2 is 1.07 bits per heavy atom. The summed E-state index contributed by atoms with van der Waals surface area (Å²) in [6.07, 6.45) is 9.52. The first-order chi connectivity index (χ1) is 13.7. The van der Waals surface area contributed by atoms with Crippen LogP contribution in [0, 0.1) is 23.7 Å². The van der Waals surface area contributed by atoms with Crippen LogP contribution in [-0.4, -0.2) is 62.4 Å². The zero-order chi connectivity index (χ0) is 19.1. The van der Waals surface area contributed by atoms with Crippen LogP contribution in [0.4, 0.5) is 0 Å². The fourth-order valence-electron chi connectivity index (χ4n) is 5.58. The molecule has 0 radical (unpaired) electrons. The van der Waals surface area contributed by atoms with Gasteiger partial charge < -0.3 is 18.9 Å². The molecular formula is C22H32O6. The monoisotopic (exact) mass is 392 g/mol. The maximum Gasteiger partial charge on any atom is 0.138 e. The van der Waals surface area contributed by atoms with E-state index in [2.05, 4.69) is 0 Å². The van der Waals surface area contributed by atoms with E-state index in [4.69, 9.17) is 18.9 Å². The zero-order valence-electron chi connectivity index (χ0n) is 16.6. The number of carbonyl (C=O) groups excluding carboxylic acids is 2. The summed E-state index contributed by atoms with van der Waals surface area (Å²) in [6, 6.07) is 0. The molecule has 4 saturated heterocycles. The molecule has 0 N–H and O–H groups in total. The van der Waals surface area contributed by atoms with E-state index in [1.807, 2.05) is 0 Å². The average Bonchev–Trinajstić information content (AvgIpc) is 3.43. The summed E-state index contributed by atoms with van der Waals surface area (Å²) in [6.45, 7) is 2.84. The summed E-state index contributed by atoms with van der Waals surface area (Å²) >= 11 is 0. The fraction of sp³-hybridized carbons (Fsp3) is 0.909. The molecule has 0 aromatic rings. The van der Waals surface area contributed by atoms with Gasteiger partial charge in [0.05, 0.1) is 50.8 Å². The molecule has 0 bridgehead atoms. The van der Waals surface area contributed by atoms with Gasteiger partial charge in [0.2, 0.25) is 0 Å². The van der Waals surface area contributed by atoms with E-state index in [1.165, 1.54) is 0 Å². The van der Waals surface area contributed by atoms with Crippen LogP contribution < -0.4 is 0 Å². The lowest BCUT2D eigenvalue weighted by molar-refractivity contribution is -0.124. The molecule has 6 aliphatic rings. The van der Waals surface area contributed by atoms with E-state index >= 15 is 0 Å². The maximum absolute atomic E-state index is 11.8. The van der Waals surface area contributed by atoms with E-state index < -0.39 is 0 Å². The fourth-order valence-corrected chi connectivity index (χ4v) is 5.58. The second-order valence-electron chi connectivity index (χ2n) is 9.42. The van der Waals surface area contributed by atoms with E-state index in [9.17, 15) is 9.59 Å². The van der Waals surface area contributed by atoms with Crippen molar-refractivity contribution in [1.29, 1.82) is 0 Å². The lowest BCUT2D eigenvalue weighted by Gasteiger charge is -2.14. The first kappa shape index (κ1) is 19.2. The number of ether oxygens (including phenoxy) is 4. The second-order valence-corrected chi connectivity index (χ2v) is 9.42. The van der Waals surface area contributed by atoms with Crippen molar-refractivity contribution in [1.82, 2.24) is 0 Å². The van der Waals surface area contributed by atoms with Crippen LogP contribution in [0.3, 0.4) is 0 Å². The predicted molar refractivity (Wildman–Crippen MR) is 99.9 cm³/mol. The largest absolute Gasteiger partial charge is 0.380 e. The summed E-state index contributed by atoms with van der Waals surface area (Å²) in [5.74, 6) is 2.09. The molecule has 4 heterocycles. The Morgan fingerprint density at radius 3 is 1.54 bits per heavy atom. The van der Waals surface area contributed by atoms with Gasteiger partial charge in [0, 0.05) is 24.7 Å². The van der Waals surface area contributed by atoms with Crippen molar-refractivity contribution in [2.45, 2.75) is 75.8 Å². The number of hydrogen-bond acceptors (Lipinski definition) is 6. The molecule has 6 rings (SSSR count). The molecule has 6 heteroatoms. The molecule has 2 saturated carbocycles. The highest BCUT2D eigenvalue weighted by Gasteiger charge is 2.46. The topological polar surface area (TPSA) is 77.7 Å². The van der Waals surface area contributed by atoms with Gasteiger partial charge in [-0.3, -0.25) is 9.59 Å². The number of ketones is 2. The normalized spacial score (nSPS) is 47.3. The van der Waals surface area contributed by atoms with Crippen molar-refractivity contribution < 1.29 is 28.5 Å². The van der Waals surface area contributed by atoms with Gasteiger partial charge >= 0.3 is 0 Å². The predicted octanol–water partition coefficient (Wildman–Crippen LogP) is 2.32. The molecule has 0 spiro atoms. The third-order valence-corrected chi connectivity index (χ3v) is 7.49. The van der Waals surface area contributed by atoms with Crippen molar-refractivity contribution >= 4 is 11.6 Å². The Hall–Kier alpha value is -0.820. The molecule has 0 amide bonds. The third kappa shape index (κ3) is 4.20. The van der Waals surface area contributed by atoms with Gasteiger partial charge in [-0.05, 0) is 50.4 Å². The number of carbonyl (C=O) groups is 2. The summed E-state index contributed by atoms with van der Waals surface area (Å²) < 4.78 is 21.9. The minimum Gasteiger partial charge on any atom is -0.380 e. The highest BCUT2D eigenvalue weighted by atomic mass is 16.6. The molecule has 6 fully saturated rings. The lowest BCUT2D eigenvalue weighted by Crippen LogP contribution is -2.23. The van der Waals surface area contributed by atoms with Gasteiger partial charge in [-0.25, -0.2) is 0 Å². The van der Waals surface area contributed by atoms with Crippen LogP contribution in [0.25, 0.3) is 0 Å². The van der Waals surface area contributed by atoms with Crippen LogP contribution >= 0.6 is 0 Å². The second kappa shape index (κ2) is 8.13. The van der Waals surface area contributed by atoms with Crippen molar-refractivity contribution in [2.75, 3.05) is 26.4 Å². The number of hydrogen-bond donors (Lipinski definition) is 0. The molecule has 8 atom stereocenters. The molecular weight excluding hydrogens is 360 g/mol. The van der Waals surface area contributed by atoms with Crippen LogP contribution in [0.5, 0.6) is 0 Å². The minimum absolute atomic E-state index is 0.179. The Morgan fingerprint density at radius 1 is 0.607 bits per heavy atom. The molecule has 4 aliphatic heterocycles. The SMILES string of the molecule is O=C1CCC[C@@H]2O[C@@H]2C[C@@H]2COC[C@H]12.O=C1CCC[C@H]2O[C@H]2C[C@H]2COC[C@@H]12. The zero-order valence-corrected chi connectivity index (χ0v) is 16.6. The molecule has 0 aromatic carbocycles. The Bertz CT molecular complexity index is 554. The molecule has 28 heavy (non-hydrogen) atoms. The van der Waals surface area contributed by atoms with Crippen molar-refractivity contribution in [3.63, 3.8) is 0 Å². The molecule has 156 valence electrons. The van der Waals surface area contributed by atoms with Crippen molar-refractivity contribution in [3.8, 4) is 0 Å². The highest BCUT2D eigenvalue weighted by Crippen LogP contribution is 2.40. The Labute approximate surface area is 166 Å². The van der Waals surface area contributed by atoms with Crippen molar-refractivity contribution in [2.24, 2.45) is 23.7 Å². The number of fused-ring (bicyclic) bond motifs is 4. The van der Waals surface area contributed by atoms with E-state index in [0.717, 1.165) is 64.6 Å². The van der Waals surface area contributed by atoms with E-state index in [1.54, 1.807) is 0 Å². The van der Waals surface area contributed by atoms with E-state index in [-0.39, 0.29) is 11.8 Å². The number of epoxide rings is 2. The van der Waals surface area contributed by atoms with Crippen LogP contribution in [-0.2, 0) is 28.5 Å². The Balaban J connectivity index is 0.000000122.